The van der Waals surface area contributed by atoms with Gasteiger partial charge in [-0.2, -0.15) is 0 Å². The van der Waals surface area contributed by atoms with E-state index in [2.05, 4.69) is 35.9 Å². The molecule has 0 bridgehead atoms. The number of benzene rings is 1. The van der Waals surface area contributed by atoms with E-state index in [9.17, 15) is 14.4 Å². The number of fused-ring (bicyclic) bond motifs is 1. The predicted molar refractivity (Wildman–Crippen MR) is 104 cm³/mol. The number of amides is 3. The fraction of sp³-hybridized carbons (Fsp3) is 0.571. The molecule has 0 saturated carbocycles. The molecule has 0 spiro atoms. The van der Waals surface area contributed by atoms with E-state index in [4.69, 9.17) is 0 Å². The van der Waals surface area contributed by atoms with Gasteiger partial charge in [-0.1, -0.05) is 12.1 Å². The van der Waals surface area contributed by atoms with Gasteiger partial charge in [0.1, 0.15) is 6.04 Å². The number of nitrogens with one attached hydrogen (secondary N) is 3. The molecule has 0 aliphatic carbocycles. The van der Waals surface area contributed by atoms with Crippen LogP contribution in [0.5, 0.6) is 0 Å². The Labute approximate surface area is 165 Å². The molecule has 0 aromatic heterocycles. The number of rotatable bonds is 5. The lowest BCUT2D eigenvalue weighted by Crippen LogP contribution is -2.53. The van der Waals surface area contributed by atoms with Crippen molar-refractivity contribution in [1.82, 2.24) is 20.9 Å². The minimum atomic E-state index is -0.563. The second-order valence-corrected chi connectivity index (χ2v) is 8.62. The van der Waals surface area contributed by atoms with Crippen molar-refractivity contribution >= 4 is 17.7 Å². The summed E-state index contributed by atoms with van der Waals surface area (Å²) in [7, 11) is 0. The first kappa shape index (κ1) is 19.1. The van der Waals surface area contributed by atoms with Gasteiger partial charge in [0.05, 0.1) is 0 Å². The summed E-state index contributed by atoms with van der Waals surface area (Å²) in [6.45, 7) is 6.66. The summed E-state index contributed by atoms with van der Waals surface area (Å²) in [6.07, 6.45) is 3.06. The van der Waals surface area contributed by atoms with Crippen molar-refractivity contribution in [1.29, 1.82) is 0 Å². The maximum Gasteiger partial charge on any atom is 0.255 e. The van der Waals surface area contributed by atoms with Crippen LogP contribution in [-0.4, -0.2) is 46.8 Å². The molecular weight excluding hydrogens is 356 g/mol. The molecule has 3 aliphatic rings. The average molecular weight is 384 g/mol. The van der Waals surface area contributed by atoms with Crippen molar-refractivity contribution in [3.8, 4) is 0 Å². The summed E-state index contributed by atoms with van der Waals surface area (Å²) in [4.78, 5) is 37.9. The molecule has 150 valence electrons. The Morgan fingerprint density at radius 1 is 1.21 bits per heavy atom. The zero-order valence-corrected chi connectivity index (χ0v) is 16.5. The van der Waals surface area contributed by atoms with Gasteiger partial charge in [0.15, 0.2) is 0 Å². The third-order valence-corrected chi connectivity index (χ3v) is 6.27. The molecule has 2 atom stereocenters. The van der Waals surface area contributed by atoms with Gasteiger partial charge in [0, 0.05) is 36.7 Å². The van der Waals surface area contributed by atoms with Gasteiger partial charge in [-0.15, -0.1) is 0 Å². The summed E-state index contributed by atoms with van der Waals surface area (Å²) < 4.78 is 0. The second kappa shape index (κ2) is 7.29. The third-order valence-electron chi connectivity index (χ3n) is 6.27. The monoisotopic (exact) mass is 384 g/mol. The largest absolute Gasteiger partial charge is 0.322 e. The van der Waals surface area contributed by atoms with Gasteiger partial charge in [0.2, 0.25) is 11.8 Å². The van der Waals surface area contributed by atoms with Crippen molar-refractivity contribution in [3.05, 3.63) is 34.9 Å². The van der Waals surface area contributed by atoms with E-state index >= 15 is 0 Å². The molecule has 0 radical (unpaired) electrons. The number of piperidine rings is 1. The number of nitrogens with zero attached hydrogens (tertiary/aromatic N) is 1. The minimum Gasteiger partial charge on any atom is -0.322 e. The highest BCUT2D eigenvalue weighted by Gasteiger charge is 2.39. The molecule has 2 saturated heterocycles. The van der Waals surface area contributed by atoms with Crippen LogP contribution in [0.1, 0.15) is 61.0 Å². The van der Waals surface area contributed by atoms with Crippen LogP contribution in [0, 0.1) is 0 Å². The maximum absolute atomic E-state index is 12.8. The third kappa shape index (κ3) is 3.56. The van der Waals surface area contributed by atoms with E-state index in [0.29, 0.717) is 24.6 Å². The van der Waals surface area contributed by atoms with Gasteiger partial charge < -0.3 is 15.5 Å². The smallest absolute Gasteiger partial charge is 0.255 e. The van der Waals surface area contributed by atoms with Gasteiger partial charge in [0.25, 0.3) is 5.91 Å². The molecule has 2 fully saturated rings. The van der Waals surface area contributed by atoms with Crippen LogP contribution in [0.4, 0.5) is 0 Å². The lowest BCUT2D eigenvalue weighted by atomic mass is 9.93. The Hall–Kier alpha value is -2.25. The molecule has 7 heteroatoms. The SMILES string of the molecule is CC(C)(NCc1ccc2c(c1)CN(C1CCC(=O)NC1=O)C2=O)C1CCCN1. The topological polar surface area (TPSA) is 90.5 Å². The molecule has 4 rings (SSSR count). The minimum absolute atomic E-state index is 0.00983. The number of imide groups is 1. The summed E-state index contributed by atoms with van der Waals surface area (Å²) >= 11 is 0. The Kier molecular flexibility index (Phi) is 4.97. The van der Waals surface area contributed by atoms with Crippen molar-refractivity contribution in [2.75, 3.05) is 6.54 Å². The van der Waals surface area contributed by atoms with E-state index in [1.54, 1.807) is 4.90 Å². The summed E-state index contributed by atoms with van der Waals surface area (Å²) in [6, 6.07) is 5.81. The van der Waals surface area contributed by atoms with Crippen molar-refractivity contribution in [2.45, 2.75) is 70.2 Å². The van der Waals surface area contributed by atoms with Crippen LogP contribution >= 0.6 is 0 Å². The van der Waals surface area contributed by atoms with Crippen molar-refractivity contribution < 1.29 is 14.4 Å². The van der Waals surface area contributed by atoms with Gasteiger partial charge in [-0.25, -0.2) is 0 Å². The first-order valence-corrected chi connectivity index (χ1v) is 10.1. The quantitative estimate of drug-likeness (QED) is 0.661. The standard InChI is InChI=1S/C21H28N4O3/c1-21(2,17-4-3-9-22-17)23-11-13-5-6-15-14(10-13)12-25(20(15)28)16-7-8-18(26)24-19(16)27/h5-6,10,16-17,22-23H,3-4,7-9,11-12H2,1-2H3,(H,24,26,27). The number of carbonyl (C=O) groups is 3. The van der Waals surface area contributed by atoms with Crippen LogP contribution in [0.15, 0.2) is 18.2 Å². The molecule has 1 aromatic rings. The molecule has 28 heavy (non-hydrogen) atoms. The maximum atomic E-state index is 12.8. The Bertz CT molecular complexity index is 814. The van der Waals surface area contributed by atoms with E-state index in [1.165, 1.54) is 12.8 Å². The zero-order valence-electron chi connectivity index (χ0n) is 16.5. The summed E-state index contributed by atoms with van der Waals surface area (Å²) in [5.74, 6) is -0.761. The molecule has 2 unspecified atom stereocenters. The highest BCUT2D eigenvalue weighted by molar-refractivity contribution is 6.05. The van der Waals surface area contributed by atoms with Crippen LogP contribution in [-0.2, 0) is 22.7 Å². The van der Waals surface area contributed by atoms with Gasteiger partial charge in [-0.05, 0) is 56.8 Å². The lowest BCUT2D eigenvalue weighted by Gasteiger charge is -2.33. The first-order valence-electron chi connectivity index (χ1n) is 10.1. The first-order chi connectivity index (χ1) is 13.3. The predicted octanol–water partition coefficient (Wildman–Crippen LogP) is 1.07. The van der Waals surface area contributed by atoms with E-state index in [-0.39, 0.29) is 29.7 Å². The lowest BCUT2D eigenvalue weighted by molar-refractivity contribution is -0.136. The Morgan fingerprint density at radius 2 is 2.04 bits per heavy atom. The molecule has 1 aromatic carbocycles. The highest BCUT2D eigenvalue weighted by Crippen LogP contribution is 2.28. The van der Waals surface area contributed by atoms with Gasteiger partial charge >= 0.3 is 0 Å². The molecule has 7 nitrogen and oxygen atoms in total. The van der Waals surface area contributed by atoms with E-state index in [0.717, 1.165) is 24.2 Å². The average Bonchev–Trinajstić information content (AvgIpc) is 3.30. The molecule has 3 amide bonds. The Morgan fingerprint density at radius 3 is 2.75 bits per heavy atom. The van der Waals surface area contributed by atoms with E-state index < -0.39 is 6.04 Å². The summed E-state index contributed by atoms with van der Waals surface area (Å²) in [5.41, 5.74) is 2.73. The van der Waals surface area contributed by atoms with Crippen LogP contribution in [0.2, 0.25) is 0 Å². The van der Waals surface area contributed by atoms with Crippen molar-refractivity contribution in [3.63, 3.8) is 0 Å². The summed E-state index contributed by atoms with van der Waals surface area (Å²) in [5, 5.41) is 9.54. The van der Waals surface area contributed by atoms with Crippen LogP contribution < -0.4 is 16.0 Å². The fourth-order valence-corrected chi connectivity index (χ4v) is 4.49. The zero-order chi connectivity index (χ0) is 19.9. The molecular formula is C21H28N4O3. The second-order valence-electron chi connectivity index (χ2n) is 8.62. The molecule has 3 heterocycles. The van der Waals surface area contributed by atoms with Crippen molar-refractivity contribution in [2.24, 2.45) is 0 Å². The number of carbonyl (C=O) groups excluding carboxylic acids is 3. The normalized spacial score (nSPS) is 25.2. The highest BCUT2D eigenvalue weighted by atomic mass is 16.2. The Balaban J connectivity index is 1.43. The number of hydrogen-bond acceptors (Lipinski definition) is 5. The molecule has 3 aliphatic heterocycles. The fourth-order valence-electron chi connectivity index (χ4n) is 4.49. The van der Waals surface area contributed by atoms with Crippen LogP contribution in [0.25, 0.3) is 0 Å². The number of hydrogen-bond donors (Lipinski definition) is 3. The van der Waals surface area contributed by atoms with Gasteiger partial charge in [-0.3, -0.25) is 19.7 Å². The van der Waals surface area contributed by atoms with E-state index in [1.807, 2.05) is 12.1 Å². The molecule has 3 N–H and O–H groups in total. The van der Waals surface area contributed by atoms with Crippen LogP contribution in [0.3, 0.4) is 0 Å².